The zero-order valence-electron chi connectivity index (χ0n) is 16.0. The fourth-order valence-electron chi connectivity index (χ4n) is 2.43. The molecule has 0 radical (unpaired) electrons. The van der Waals surface area contributed by atoms with Gasteiger partial charge >= 0.3 is 0 Å². The lowest BCUT2D eigenvalue weighted by Crippen LogP contribution is -3.06. The summed E-state index contributed by atoms with van der Waals surface area (Å²) < 4.78 is 0. The van der Waals surface area contributed by atoms with E-state index in [1.165, 1.54) is 16.2 Å². The van der Waals surface area contributed by atoms with E-state index in [0.29, 0.717) is 17.2 Å². The Morgan fingerprint density at radius 1 is 1.23 bits per heavy atom. The molecule has 0 fully saturated rings. The minimum Gasteiger partial charge on any atom is -0.338 e. The van der Waals surface area contributed by atoms with Crippen LogP contribution >= 0.6 is 11.3 Å². The number of hydrogen-bond acceptors (Lipinski definition) is 4. The SMILES string of the molecule is Cc1cccc(C(=O)N(CC[NH+](C)C)CC(=O)Nc2nc(C)c(C)s2)c1. The fourth-order valence-corrected chi connectivity index (χ4v) is 3.26. The maximum Gasteiger partial charge on any atom is 0.254 e. The molecule has 1 heterocycles. The molecule has 0 saturated carbocycles. The van der Waals surface area contributed by atoms with Crippen LogP contribution in [-0.4, -0.2) is 55.4 Å². The van der Waals surface area contributed by atoms with Gasteiger partial charge in [0.1, 0.15) is 6.54 Å². The number of nitrogens with one attached hydrogen (secondary N) is 2. The number of carbonyl (C=O) groups is 2. The number of amides is 2. The van der Waals surface area contributed by atoms with Crippen molar-refractivity contribution in [2.24, 2.45) is 0 Å². The molecule has 0 aliphatic heterocycles. The molecule has 140 valence electrons. The molecule has 1 aromatic carbocycles. The standard InChI is InChI=1S/C19H26N4O2S/c1-13-7-6-8-16(11-13)18(25)23(10-9-22(4)5)12-17(24)21-19-20-14(2)15(3)26-19/h6-8,11H,9-10,12H2,1-5H3,(H,20,21,24)/p+1. The first-order valence-corrected chi connectivity index (χ1v) is 9.46. The van der Waals surface area contributed by atoms with Crippen molar-refractivity contribution < 1.29 is 14.5 Å². The molecule has 2 N–H and O–H groups in total. The Morgan fingerprint density at radius 2 is 1.96 bits per heavy atom. The molecule has 1 aromatic heterocycles. The summed E-state index contributed by atoms with van der Waals surface area (Å²) in [5, 5.41) is 3.38. The van der Waals surface area contributed by atoms with Gasteiger partial charge in [-0.15, -0.1) is 11.3 Å². The van der Waals surface area contributed by atoms with Crippen molar-refractivity contribution in [3.05, 3.63) is 46.0 Å². The van der Waals surface area contributed by atoms with Gasteiger partial charge < -0.3 is 15.1 Å². The Balaban J connectivity index is 2.10. The lowest BCUT2D eigenvalue weighted by atomic mass is 10.1. The molecule has 0 aliphatic rings. The first kappa shape index (κ1) is 20.1. The summed E-state index contributed by atoms with van der Waals surface area (Å²) in [7, 11) is 4.05. The molecule has 26 heavy (non-hydrogen) atoms. The van der Waals surface area contributed by atoms with Crippen molar-refractivity contribution in [3.8, 4) is 0 Å². The lowest BCUT2D eigenvalue weighted by molar-refractivity contribution is -0.857. The van der Waals surface area contributed by atoms with E-state index in [-0.39, 0.29) is 18.4 Å². The van der Waals surface area contributed by atoms with Gasteiger partial charge in [0, 0.05) is 10.4 Å². The van der Waals surface area contributed by atoms with E-state index in [4.69, 9.17) is 0 Å². The number of benzene rings is 1. The number of rotatable bonds is 7. The number of carbonyl (C=O) groups excluding carboxylic acids is 2. The maximum absolute atomic E-state index is 12.9. The van der Waals surface area contributed by atoms with Crippen molar-refractivity contribution in [3.63, 3.8) is 0 Å². The predicted octanol–water partition coefficient (Wildman–Crippen LogP) is 1.29. The topological polar surface area (TPSA) is 66.7 Å². The number of aromatic nitrogens is 1. The molecule has 0 saturated heterocycles. The minimum absolute atomic E-state index is 0.0116. The molecule has 7 heteroatoms. The number of hydrogen-bond donors (Lipinski definition) is 2. The molecular formula is C19H27N4O2S+. The second-order valence-electron chi connectivity index (χ2n) is 6.76. The van der Waals surface area contributed by atoms with Crippen LogP contribution < -0.4 is 10.2 Å². The third kappa shape index (κ3) is 5.64. The van der Waals surface area contributed by atoms with Gasteiger partial charge in [0.15, 0.2) is 5.13 Å². The van der Waals surface area contributed by atoms with Crippen LogP contribution in [0.2, 0.25) is 0 Å². The fraction of sp³-hybridized carbons (Fsp3) is 0.421. The maximum atomic E-state index is 12.9. The average Bonchev–Trinajstić information content (AvgIpc) is 2.88. The monoisotopic (exact) mass is 375 g/mol. The summed E-state index contributed by atoms with van der Waals surface area (Å²) in [4.78, 5) is 33.5. The van der Waals surface area contributed by atoms with Crippen molar-refractivity contribution in [2.45, 2.75) is 20.8 Å². The van der Waals surface area contributed by atoms with E-state index in [9.17, 15) is 9.59 Å². The zero-order chi connectivity index (χ0) is 19.3. The van der Waals surface area contributed by atoms with E-state index in [2.05, 4.69) is 10.3 Å². The van der Waals surface area contributed by atoms with Crippen LogP contribution in [0.15, 0.2) is 24.3 Å². The van der Waals surface area contributed by atoms with Crippen LogP contribution in [0.25, 0.3) is 0 Å². The zero-order valence-corrected chi connectivity index (χ0v) is 16.9. The molecule has 0 bridgehead atoms. The van der Waals surface area contributed by atoms with Gasteiger partial charge in [-0.2, -0.15) is 0 Å². The van der Waals surface area contributed by atoms with Crippen LogP contribution in [0.5, 0.6) is 0 Å². The molecule has 0 spiro atoms. The molecule has 2 rings (SSSR count). The highest BCUT2D eigenvalue weighted by atomic mass is 32.1. The van der Waals surface area contributed by atoms with Crippen LogP contribution in [0.1, 0.15) is 26.5 Å². The predicted molar refractivity (Wildman–Crippen MR) is 105 cm³/mol. The molecule has 0 atom stereocenters. The minimum atomic E-state index is -0.228. The summed E-state index contributed by atoms with van der Waals surface area (Å²) in [6.07, 6.45) is 0. The second-order valence-corrected chi connectivity index (χ2v) is 7.97. The first-order chi connectivity index (χ1) is 12.3. The van der Waals surface area contributed by atoms with E-state index in [1.807, 2.05) is 53.1 Å². The van der Waals surface area contributed by atoms with Gasteiger partial charge in [-0.1, -0.05) is 17.7 Å². The van der Waals surface area contributed by atoms with E-state index in [0.717, 1.165) is 22.7 Å². The molecule has 0 unspecified atom stereocenters. The molecule has 6 nitrogen and oxygen atoms in total. The molecular weight excluding hydrogens is 348 g/mol. The first-order valence-electron chi connectivity index (χ1n) is 8.65. The van der Waals surface area contributed by atoms with Crippen LogP contribution in [0.4, 0.5) is 5.13 Å². The van der Waals surface area contributed by atoms with Crippen molar-refractivity contribution in [2.75, 3.05) is 39.0 Å². The summed E-state index contributed by atoms with van der Waals surface area (Å²) in [6, 6.07) is 7.45. The summed E-state index contributed by atoms with van der Waals surface area (Å²) in [6.45, 7) is 7.12. The quantitative estimate of drug-likeness (QED) is 0.766. The average molecular weight is 376 g/mol. The highest BCUT2D eigenvalue weighted by Gasteiger charge is 2.20. The van der Waals surface area contributed by atoms with Gasteiger partial charge in [0.05, 0.1) is 32.9 Å². The Kier molecular flexibility index (Phi) is 6.88. The lowest BCUT2D eigenvalue weighted by Gasteiger charge is -2.23. The third-order valence-electron chi connectivity index (χ3n) is 4.04. The number of nitrogens with zero attached hydrogens (tertiary/aromatic N) is 2. The number of thiazole rings is 1. The van der Waals surface area contributed by atoms with Gasteiger partial charge in [0.25, 0.3) is 5.91 Å². The van der Waals surface area contributed by atoms with Crippen LogP contribution in [0.3, 0.4) is 0 Å². The highest BCUT2D eigenvalue weighted by molar-refractivity contribution is 7.15. The number of likely N-dealkylation sites (N-methyl/N-ethyl adjacent to an activating group) is 1. The van der Waals surface area contributed by atoms with E-state index < -0.39 is 0 Å². The Bertz CT molecular complexity index is 766. The van der Waals surface area contributed by atoms with Crippen molar-refractivity contribution in [1.82, 2.24) is 9.88 Å². The Labute approximate surface area is 158 Å². The summed E-state index contributed by atoms with van der Waals surface area (Å²) in [5.74, 6) is -0.356. The van der Waals surface area contributed by atoms with Gasteiger partial charge in [0.2, 0.25) is 5.91 Å². The summed E-state index contributed by atoms with van der Waals surface area (Å²) >= 11 is 1.44. The Morgan fingerprint density at radius 3 is 2.54 bits per heavy atom. The second kappa shape index (κ2) is 8.91. The van der Waals surface area contributed by atoms with Gasteiger partial charge in [-0.25, -0.2) is 4.98 Å². The van der Waals surface area contributed by atoms with Crippen molar-refractivity contribution >= 4 is 28.3 Å². The summed E-state index contributed by atoms with van der Waals surface area (Å²) in [5.41, 5.74) is 2.54. The van der Waals surface area contributed by atoms with Crippen LogP contribution in [0, 0.1) is 20.8 Å². The largest absolute Gasteiger partial charge is 0.338 e. The smallest absolute Gasteiger partial charge is 0.254 e. The molecule has 0 aliphatic carbocycles. The third-order valence-corrected chi connectivity index (χ3v) is 5.03. The Hall–Kier alpha value is -2.25. The van der Waals surface area contributed by atoms with Gasteiger partial charge in [-0.3, -0.25) is 9.59 Å². The number of anilines is 1. The number of quaternary nitrogens is 1. The van der Waals surface area contributed by atoms with Crippen molar-refractivity contribution in [1.29, 1.82) is 0 Å². The highest BCUT2D eigenvalue weighted by Crippen LogP contribution is 2.21. The van der Waals surface area contributed by atoms with Crippen LogP contribution in [-0.2, 0) is 4.79 Å². The number of aryl methyl sites for hydroxylation is 3. The molecule has 2 aromatic rings. The van der Waals surface area contributed by atoms with Gasteiger partial charge in [-0.05, 0) is 32.9 Å². The normalized spacial score (nSPS) is 10.8. The van der Waals surface area contributed by atoms with E-state index >= 15 is 0 Å². The molecule has 2 amide bonds. The van der Waals surface area contributed by atoms with E-state index in [1.54, 1.807) is 11.0 Å².